The molecule has 3 rings (SSSR count). The second-order valence-electron chi connectivity index (χ2n) is 7.85. The van der Waals surface area contributed by atoms with Crippen molar-refractivity contribution in [2.24, 2.45) is 0 Å². The number of carbonyl (C=O) groups excluding carboxylic acids is 2. The Labute approximate surface area is 186 Å². The summed E-state index contributed by atoms with van der Waals surface area (Å²) in [5, 5.41) is 14.5. The Morgan fingerprint density at radius 2 is 1.62 bits per heavy atom. The monoisotopic (exact) mass is 440 g/mol. The van der Waals surface area contributed by atoms with Gasteiger partial charge in [0.15, 0.2) is 5.54 Å². The van der Waals surface area contributed by atoms with Crippen LogP contribution in [0.2, 0.25) is 0 Å². The summed E-state index contributed by atoms with van der Waals surface area (Å²) in [5.41, 5.74) is 2.84. The number of rotatable bonds is 9. The third kappa shape index (κ3) is 4.60. The van der Waals surface area contributed by atoms with Crippen molar-refractivity contribution in [2.45, 2.75) is 37.8 Å². The maximum atomic E-state index is 12.5. The van der Waals surface area contributed by atoms with Crippen LogP contribution in [0, 0.1) is 0 Å². The summed E-state index contributed by atoms with van der Waals surface area (Å²) in [7, 11) is 1.36. The first kappa shape index (κ1) is 23.3. The zero-order valence-corrected chi connectivity index (χ0v) is 18.4. The molecule has 0 spiro atoms. The Morgan fingerprint density at radius 3 is 2.12 bits per heavy atom. The minimum Gasteiger partial charge on any atom is -0.479 e. The molecule has 1 aliphatic rings. The molecule has 0 saturated carbocycles. The molecule has 0 fully saturated rings. The summed E-state index contributed by atoms with van der Waals surface area (Å²) in [5.74, 6) is -1.94. The lowest BCUT2D eigenvalue weighted by Gasteiger charge is -2.30. The molecule has 0 radical (unpaired) electrons. The Bertz CT molecular complexity index is 962. The smallest absolute Gasteiger partial charge is 0.407 e. The van der Waals surface area contributed by atoms with Gasteiger partial charge in [-0.05, 0) is 35.6 Å². The van der Waals surface area contributed by atoms with Crippen LogP contribution in [-0.2, 0) is 19.1 Å². The van der Waals surface area contributed by atoms with E-state index in [0.717, 1.165) is 22.3 Å². The first-order valence-electron chi connectivity index (χ1n) is 10.5. The fourth-order valence-corrected chi connectivity index (χ4v) is 3.97. The summed E-state index contributed by atoms with van der Waals surface area (Å²) >= 11 is 0. The van der Waals surface area contributed by atoms with E-state index in [2.05, 4.69) is 10.6 Å². The van der Waals surface area contributed by atoms with Crippen LogP contribution < -0.4 is 10.6 Å². The normalized spacial score (nSPS) is 15.1. The second kappa shape index (κ2) is 9.82. The van der Waals surface area contributed by atoms with Gasteiger partial charge in [-0.3, -0.25) is 4.79 Å². The van der Waals surface area contributed by atoms with Crippen molar-refractivity contribution in [1.29, 1.82) is 0 Å². The van der Waals surface area contributed by atoms with Gasteiger partial charge in [0.05, 0.1) is 6.61 Å². The number of alkyl carbamates (subject to hydrolysis) is 1. The molecule has 2 atom stereocenters. The molecule has 2 aromatic carbocycles. The summed E-state index contributed by atoms with van der Waals surface area (Å²) < 4.78 is 10.4. The van der Waals surface area contributed by atoms with E-state index in [4.69, 9.17) is 9.47 Å². The molecule has 0 saturated heterocycles. The predicted molar refractivity (Wildman–Crippen MR) is 118 cm³/mol. The van der Waals surface area contributed by atoms with Gasteiger partial charge in [0.25, 0.3) is 0 Å². The summed E-state index contributed by atoms with van der Waals surface area (Å²) in [6.07, 6.45) is -0.627. The third-order valence-electron chi connectivity index (χ3n) is 5.84. The molecule has 2 aromatic rings. The molecule has 8 heteroatoms. The van der Waals surface area contributed by atoms with Gasteiger partial charge in [0.2, 0.25) is 5.91 Å². The number of hydrogen-bond donors (Lipinski definition) is 3. The number of ether oxygens (including phenoxy) is 2. The molecule has 170 valence electrons. The van der Waals surface area contributed by atoms with Crippen LogP contribution in [0.1, 0.15) is 37.3 Å². The fourth-order valence-electron chi connectivity index (χ4n) is 3.97. The van der Waals surface area contributed by atoms with Crippen molar-refractivity contribution in [2.75, 3.05) is 20.3 Å². The number of carboxylic acids is 1. The standard InChI is InChI=1S/C24H28N2O6/c1-4-24(14-31-3,22(28)29)26-21(27)15(2)25-23(30)32-13-20-18-11-7-5-9-16(18)17-10-6-8-12-19(17)20/h5-12,15,20H,4,13-14H2,1-3H3,(H,25,30)(H,26,27)(H,28,29)/t15-,24?/m1/s1. The van der Waals surface area contributed by atoms with Crippen molar-refractivity contribution in [3.05, 3.63) is 59.7 Å². The Morgan fingerprint density at radius 1 is 1.06 bits per heavy atom. The van der Waals surface area contributed by atoms with Gasteiger partial charge in [-0.2, -0.15) is 0 Å². The highest BCUT2D eigenvalue weighted by Gasteiger charge is 2.39. The molecule has 0 bridgehead atoms. The molecule has 32 heavy (non-hydrogen) atoms. The second-order valence-corrected chi connectivity index (χ2v) is 7.85. The highest BCUT2D eigenvalue weighted by Crippen LogP contribution is 2.44. The molecule has 1 aliphatic carbocycles. The fraction of sp³-hybridized carbons (Fsp3) is 0.375. The SMILES string of the molecule is CCC(COC)(NC(=O)[C@@H](C)NC(=O)OCC1c2ccccc2-c2ccccc21)C(=O)O. The highest BCUT2D eigenvalue weighted by molar-refractivity contribution is 5.91. The van der Waals surface area contributed by atoms with E-state index in [9.17, 15) is 19.5 Å². The maximum Gasteiger partial charge on any atom is 0.407 e. The highest BCUT2D eigenvalue weighted by atomic mass is 16.5. The van der Waals surface area contributed by atoms with Crippen LogP contribution in [-0.4, -0.2) is 55.0 Å². The Hall–Kier alpha value is -3.39. The lowest BCUT2D eigenvalue weighted by atomic mass is 9.97. The van der Waals surface area contributed by atoms with E-state index in [1.54, 1.807) is 6.92 Å². The zero-order chi connectivity index (χ0) is 23.3. The molecule has 0 heterocycles. The summed E-state index contributed by atoms with van der Waals surface area (Å²) in [4.78, 5) is 36.6. The van der Waals surface area contributed by atoms with Crippen LogP contribution in [0.4, 0.5) is 4.79 Å². The molecular weight excluding hydrogens is 412 g/mol. The molecule has 0 aliphatic heterocycles. The van der Waals surface area contributed by atoms with Crippen molar-refractivity contribution < 1.29 is 29.0 Å². The van der Waals surface area contributed by atoms with Crippen molar-refractivity contribution in [3.63, 3.8) is 0 Å². The molecule has 0 aromatic heterocycles. The molecule has 2 amide bonds. The number of aliphatic carboxylic acids is 1. The van der Waals surface area contributed by atoms with E-state index in [1.807, 2.05) is 48.5 Å². The lowest BCUT2D eigenvalue weighted by Crippen LogP contribution is -2.60. The van der Waals surface area contributed by atoms with Crippen molar-refractivity contribution in [1.82, 2.24) is 10.6 Å². The van der Waals surface area contributed by atoms with Crippen LogP contribution in [0.3, 0.4) is 0 Å². The Balaban J connectivity index is 1.61. The van der Waals surface area contributed by atoms with Gasteiger partial charge in [0.1, 0.15) is 12.6 Å². The van der Waals surface area contributed by atoms with Crippen molar-refractivity contribution >= 4 is 18.0 Å². The minimum atomic E-state index is -1.57. The van der Waals surface area contributed by atoms with E-state index in [1.165, 1.54) is 14.0 Å². The van der Waals surface area contributed by atoms with Gasteiger partial charge >= 0.3 is 12.1 Å². The molecule has 8 nitrogen and oxygen atoms in total. The van der Waals surface area contributed by atoms with Gasteiger partial charge in [-0.25, -0.2) is 9.59 Å². The topological polar surface area (TPSA) is 114 Å². The number of hydrogen-bond acceptors (Lipinski definition) is 5. The number of amides is 2. The summed E-state index contributed by atoms with van der Waals surface area (Å²) in [6.45, 7) is 3.02. The number of nitrogens with one attached hydrogen (secondary N) is 2. The van der Waals surface area contributed by atoms with Crippen LogP contribution in [0.15, 0.2) is 48.5 Å². The van der Waals surface area contributed by atoms with Gasteiger partial charge < -0.3 is 25.2 Å². The first-order valence-corrected chi connectivity index (χ1v) is 10.5. The molecular formula is C24H28N2O6. The number of carbonyl (C=O) groups is 3. The largest absolute Gasteiger partial charge is 0.479 e. The first-order chi connectivity index (χ1) is 15.3. The van der Waals surface area contributed by atoms with Crippen LogP contribution in [0.25, 0.3) is 11.1 Å². The average molecular weight is 440 g/mol. The van der Waals surface area contributed by atoms with Crippen LogP contribution >= 0.6 is 0 Å². The average Bonchev–Trinajstić information content (AvgIpc) is 3.10. The van der Waals surface area contributed by atoms with Gasteiger partial charge in [-0.15, -0.1) is 0 Å². The number of benzene rings is 2. The van der Waals surface area contributed by atoms with Crippen molar-refractivity contribution in [3.8, 4) is 11.1 Å². The van der Waals surface area contributed by atoms with Gasteiger partial charge in [-0.1, -0.05) is 55.5 Å². The van der Waals surface area contributed by atoms with E-state index < -0.39 is 29.6 Å². The van der Waals surface area contributed by atoms with Gasteiger partial charge in [0, 0.05) is 13.0 Å². The predicted octanol–water partition coefficient (Wildman–Crippen LogP) is 2.91. The minimum absolute atomic E-state index is 0.0984. The van der Waals surface area contributed by atoms with E-state index >= 15 is 0 Å². The molecule has 1 unspecified atom stereocenters. The maximum absolute atomic E-state index is 12.5. The number of carboxylic acid groups (broad SMARTS) is 1. The third-order valence-corrected chi connectivity index (χ3v) is 5.84. The zero-order valence-electron chi connectivity index (χ0n) is 18.4. The number of fused-ring (bicyclic) bond motifs is 3. The van der Waals surface area contributed by atoms with E-state index in [0.29, 0.717) is 0 Å². The number of methoxy groups -OCH3 is 1. The summed E-state index contributed by atoms with van der Waals surface area (Å²) in [6, 6.07) is 15.0. The lowest BCUT2D eigenvalue weighted by molar-refractivity contribution is -0.150. The Kier molecular flexibility index (Phi) is 7.15. The van der Waals surface area contributed by atoms with Crippen LogP contribution in [0.5, 0.6) is 0 Å². The molecule has 3 N–H and O–H groups in total. The quantitative estimate of drug-likeness (QED) is 0.553. The van der Waals surface area contributed by atoms with E-state index in [-0.39, 0.29) is 25.6 Å².